The van der Waals surface area contributed by atoms with Gasteiger partial charge >= 0.3 is 0 Å². The van der Waals surface area contributed by atoms with E-state index >= 15 is 0 Å². The summed E-state index contributed by atoms with van der Waals surface area (Å²) in [6.07, 6.45) is 0.924. The molecule has 0 bridgehead atoms. The Balaban J connectivity index is 2.09. The molecule has 1 saturated heterocycles. The fraction of sp³-hybridized carbons (Fsp3) is 0.615. The first-order valence-electron chi connectivity index (χ1n) is 6.43. The van der Waals surface area contributed by atoms with Crippen LogP contribution in [0.5, 0.6) is 0 Å². The number of halogens is 1. The predicted molar refractivity (Wildman–Crippen MR) is 82.5 cm³/mol. The first-order valence-corrected chi connectivity index (χ1v) is 7.51. The molecule has 1 aliphatic rings. The van der Waals surface area contributed by atoms with E-state index in [9.17, 15) is 4.79 Å². The molecule has 0 unspecified atom stereocenters. The van der Waals surface area contributed by atoms with Crippen LogP contribution in [0.1, 0.15) is 28.2 Å². The van der Waals surface area contributed by atoms with E-state index in [1.165, 1.54) is 0 Å². The van der Waals surface area contributed by atoms with Gasteiger partial charge in [-0.2, -0.15) is 0 Å². The van der Waals surface area contributed by atoms with Crippen LogP contribution in [0.3, 0.4) is 0 Å². The number of rotatable bonds is 3. The summed E-state index contributed by atoms with van der Waals surface area (Å²) in [4.78, 5) is 15.5. The highest BCUT2D eigenvalue weighted by atomic mass is 127. The summed E-state index contributed by atoms with van der Waals surface area (Å²) in [5.41, 5.74) is 2.71. The van der Waals surface area contributed by atoms with Crippen LogP contribution in [0.2, 0.25) is 0 Å². The largest absolute Gasteiger partial charge is 0.378 e. The van der Waals surface area contributed by atoms with Crippen molar-refractivity contribution in [2.24, 2.45) is 0 Å². The summed E-state index contributed by atoms with van der Waals surface area (Å²) in [5.74, 6) is -0.0440. The Morgan fingerprint density at radius 2 is 2.21 bits per heavy atom. The Morgan fingerprint density at radius 1 is 1.47 bits per heavy atom. The fourth-order valence-corrected chi connectivity index (χ4v) is 2.84. The summed E-state index contributed by atoms with van der Waals surface area (Å²) < 4.78 is 6.53. The highest BCUT2D eigenvalue weighted by Gasteiger charge is 2.27. The number of amides is 1. The number of carbonyl (C=O) groups is 1. The molecular weight excluding hydrogens is 357 g/mol. The number of aromatic amines is 1. The lowest BCUT2D eigenvalue weighted by atomic mass is 10.0. The van der Waals surface area contributed by atoms with Gasteiger partial charge in [-0.1, -0.05) is 0 Å². The molecule has 6 heteroatoms. The predicted octanol–water partition coefficient (Wildman–Crippen LogP) is 1.34. The second-order valence-corrected chi connectivity index (χ2v) is 5.99. The first kappa shape index (κ1) is 14.8. The van der Waals surface area contributed by atoms with Crippen LogP contribution < -0.4 is 10.6 Å². The van der Waals surface area contributed by atoms with Crippen molar-refractivity contribution in [1.29, 1.82) is 0 Å². The van der Waals surface area contributed by atoms with Gasteiger partial charge in [0.2, 0.25) is 0 Å². The molecule has 2 rings (SSSR count). The molecule has 0 aliphatic carbocycles. The van der Waals surface area contributed by atoms with Crippen molar-refractivity contribution in [1.82, 2.24) is 15.6 Å². The summed E-state index contributed by atoms with van der Waals surface area (Å²) in [6.45, 7) is 5.64. The molecule has 3 N–H and O–H groups in total. The maximum absolute atomic E-state index is 12.3. The summed E-state index contributed by atoms with van der Waals surface area (Å²) in [6, 6.07) is 0.0689. The SMILES string of the molecule is CO[C@H]1CNCC[C@H]1NC(=O)c1[nH]c(C)c(I)c1C. The smallest absolute Gasteiger partial charge is 0.268 e. The second kappa shape index (κ2) is 6.23. The lowest BCUT2D eigenvalue weighted by molar-refractivity contribution is 0.0475. The molecule has 0 radical (unpaired) electrons. The van der Waals surface area contributed by atoms with E-state index in [0.29, 0.717) is 5.69 Å². The number of ether oxygens (including phenoxy) is 1. The molecule has 0 spiro atoms. The number of piperidine rings is 1. The first-order chi connectivity index (χ1) is 9.04. The molecule has 0 saturated carbocycles. The van der Waals surface area contributed by atoms with Gasteiger partial charge in [0.1, 0.15) is 5.69 Å². The molecule has 1 fully saturated rings. The normalized spacial score (nSPS) is 23.4. The number of hydrogen-bond donors (Lipinski definition) is 3. The fourth-order valence-electron chi connectivity index (χ4n) is 2.44. The lowest BCUT2D eigenvalue weighted by Gasteiger charge is -2.31. The van der Waals surface area contributed by atoms with Gasteiger partial charge in [-0.05, 0) is 55.0 Å². The number of methoxy groups -OCH3 is 1. The van der Waals surface area contributed by atoms with E-state index < -0.39 is 0 Å². The number of H-pyrrole nitrogens is 1. The van der Waals surface area contributed by atoms with Crippen molar-refractivity contribution < 1.29 is 9.53 Å². The van der Waals surface area contributed by atoms with Crippen LogP contribution in [0.15, 0.2) is 0 Å². The highest BCUT2D eigenvalue weighted by Crippen LogP contribution is 2.20. The number of nitrogens with one attached hydrogen (secondary N) is 3. The molecule has 1 aromatic heterocycles. The average molecular weight is 377 g/mol. The molecule has 1 amide bonds. The topological polar surface area (TPSA) is 66.2 Å². The van der Waals surface area contributed by atoms with Gasteiger partial charge in [0.25, 0.3) is 5.91 Å². The van der Waals surface area contributed by atoms with Gasteiger partial charge in [-0.15, -0.1) is 0 Å². The standard InChI is InChI=1S/C13H20IN3O2/c1-7-11(14)8(2)16-12(7)13(18)17-9-4-5-15-6-10(9)19-3/h9-10,15-16H,4-6H2,1-3H3,(H,17,18)/t9-,10+/m1/s1. The molecule has 2 atom stereocenters. The van der Waals surface area contributed by atoms with Gasteiger partial charge < -0.3 is 20.4 Å². The third kappa shape index (κ3) is 3.11. The van der Waals surface area contributed by atoms with Crippen molar-refractivity contribution in [3.63, 3.8) is 0 Å². The van der Waals surface area contributed by atoms with Crippen LogP contribution in [0.25, 0.3) is 0 Å². The highest BCUT2D eigenvalue weighted by molar-refractivity contribution is 14.1. The zero-order valence-corrected chi connectivity index (χ0v) is 13.6. The van der Waals surface area contributed by atoms with E-state index in [1.807, 2.05) is 13.8 Å². The van der Waals surface area contributed by atoms with E-state index in [4.69, 9.17) is 4.74 Å². The quantitative estimate of drug-likeness (QED) is 0.697. The Bertz CT molecular complexity index is 473. The second-order valence-electron chi connectivity index (χ2n) is 4.91. The van der Waals surface area contributed by atoms with Crippen molar-refractivity contribution in [3.05, 3.63) is 20.5 Å². The minimum atomic E-state index is -0.0440. The van der Waals surface area contributed by atoms with E-state index in [0.717, 1.165) is 34.3 Å². The Morgan fingerprint density at radius 3 is 2.79 bits per heavy atom. The number of aromatic nitrogens is 1. The Labute approximate surface area is 127 Å². The summed E-state index contributed by atoms with van der Waals surface area (Å²) in [5, 5.41) is 6.35. The Hall–Kier alpha value is -0.600. The van der Waals surface area contributed by atoms with Crippen molar-refractivity contribution >= 4 is 28.5 Å². The number of carbonyl (C=O) groups excluding carboxylic acids is 1. The molecule has 5 nitrogen and oxygen atoms in total. The molecule has 2 heterocycles. The lowest BCUT2D eigenvalue weighted by Crippen LogP contribution is -2.53. The third-order valence-electron chi connectivity index (χ3n) is 3.62. The van der Waals surface area contributed by atoms with Crippen LogP contribution in [-0.4, -0.2) is 43.2 Å². The van der Waals surface area contributed by atoms with Crippen molar-refractivity contribution in [2.45, 2.75) is 32.4 Å². The molecular formula is C13H20IN3O2. The maximum atomic E-state index is 12.3. The summed E-state index contributed by atoms with van der Waals surface area (Å²) in [7, 11) is 1.68. The number of aryl methyl sites for hydroxylation is 1. The van der Waals surface area contributed by atoms with Crippen molar-refractivity contribution in [3.8, 4) is 0 Å². The van der Waals surface area contributed by atoms with Gasteiger partial charge in [-0.25, -0.2) is 0 Å². The molecule has 0 aromatic carbocycles. The minimum Gasteiger partial charge on any atom is -0.378 e. The van der Waals surface area contributed by atoms with Crippen LogP contribution in [0, 0.1) is 17.4 Å². The van der Waals surface area contributed by atoms with Gasteiger partial charge in [0.15, 0.2) is 0 Å². The maximum Gasteiger partial charge on any atom is 0.268 e. The van der Waals surface area contributed by atoms with Crippen LogP contribution >= 0.6 is 22.6 Å². The Kier molecular flexibility index (Phi) is 4.86. The zero-order chi connectivity index (χ0) is 14.0. The van der Waals surface area contributed by atoms with Crippen LogP contribution in [-0.2, 0) is 4.74 Å². The molecule has 1 aliphatic heterocycles. The third-order valence-corrected chi connectivity index (χ3v) is 5.24. The number of hydrogen-bond acceptors (Lipinski definition) is 3. The summed E-state index contributed by atoms with van der Waals surface area (Å²) >= 11 is 2.26. The van der Waals surface area contributed by atoms with E-state index in [2.05, 4.69) is 38.2 Å². The minimum absolute atomic E-state index is 0.0353. The van der Waals surface area contributed by atoms with Gasteiger partial charge in [0.05, 0.1) is 12.1 Å². The van der Waals surface area contributed by atoms with Crippen LogP contribution in [0.4, 0.5) is 0 Å². The molecule has 19 heavy (non-hydrogen) atoms. The zero-order valence-electron chi connectivity index (χ0n) is 11.5. The van der Waals surface area contributed by atoms with Crippen molar-refractivity contribution in [2.75, 3.05) is 20.2 Å². The van der Waals surface area contributed by atoms with E-state index in [1.54, 1.807) is 7.11 Å². The average Bonchev–Trinajstić information content (AvgIpc) is 2.67. The van der Waals surface area contributed by atoms with Gasteiger partial charge in [0, 0.05) is 22.9 Å². The molecule has 1 aromatic rings. The molecule has 106 valence electrons. The van der Waals surface area contributed by atoms with Gasteiger partial charge in [-0.3, -0.25) is 4.79 Å². The monoisotopic (exact) mass is 377 g/mol. The van der Waals surface area contributed by atoms with E-state index in [-0.39, 0.29) is 18.1 Å².